The van der Waals surface area contributed by atoms with Crippen molar-refractivity contribution < 1.29 is 4.79 Å². The van der Waals surface area contributed by atoms with E-state index in [1.807, 2.05) is 43.1 Å². The molecule has 0 saturated carbocycles. The first-order chi connectivity index (χ1) is 8.47. The van der Waals surface area contributed by atoms with E-state index in [-0.39, 0.29) is 24.5 Å². The minimum absolute atomic E-state index is 0.0461. The first-order valence-corrected chi connectivity index (χ1v) is 6.26. The monoisotopic (exact) mass is 269 g/mol. The van der Waals surface area contributed by atoms with Crippen LogP contribution in [0.3, 0.4) is 0 Å². The number of nitrogens with two attached hydrogens (primary N) is 1. The van der Waals surface area contributed by atoms with Gasteiger partial charge in [0, 0.05) is 18.1 Å². The third kappa shape index (κ3) is 3.70. The van der Waals surface area contributed by atoms with Crippen LogP contribution in [0.25, 0.3) is 0 Å². The summed E-state index contributed by atoms with van der Waals surface area (Å²) in [5.74, 6) is -0.0461. The fourth-order valence-electron chi connectivity index (χ4n) is 2.04. The molecule has 0 aromatic heterocycles. The van der Waals surface area contributed by atoms with Crippen LogP contribution in [0.15, 0.2) is 24.3 Å². The smallest absolute Gasteiger partial charge is 0.233 e. The van der Waals surface area contributed by atoms with Gasteiger partial charge in [0.1, 0.15) is 0 Å². The number of amides is 1. The van der Waals surface area contributed by atoms with Crippen molar-refractivity contribution in [1.29, 1.82) is 0 Å². The highest BCUT2D eigenvalue weighted by Crippen LogP contribution is 2.28. The van der Waals surface area contributed by atoms with E-state index in [0.717, 1.165) is 5.56 Å². The molecule has 0 saturated heterocycles. The number of carbonyl (C=O) groups excluding carboxylic acids is 1. The number of halogens is 1. The number of nitrogens with one attached hydrogen (secondary N) is 1. The zero-order valence-corrected chi connectivity index (χ0v) is 11.7. The van der Waals surface area contributed by atoms with Crippen LogP contribution in [0.4, 0.5) is 0 Å². The maximum atomic E-state index is 11.4. The average Bonchev–Trinajstić information content (AvgIpc) is 2.31. The average molecular weight is 270 g/mol. The molecule has 0 aliphatic carbocycles. The Morgan fingerprint density at radius 1 is 1.50 bits per heavy atom. The maximum absolute atomic E-state index is 11.4. The van der Waals surface area contributed by atoms with Gasteiger partial charge in [-0.15, -0.1) is 0 Å². The maximum Gasteiger partial charge on any atom is 0.233 e. The number of nitrogens with zero attached hydrogens (tertiary/aromatic N) is 1. The van der Waals surface area contributed by atoms with Gasteiger partial charge in [-0.25, -0.2) is 0 Å². The molecule has 0 aliphatic heterocycles. The van der Waals surface area contributed by atoms with E-state index in [4.69, 9.17) is 17.3 Å². The molecule has 4 nitrogen and oxygen atoms in total. The Bertz CT molecular complexity index is 409. The summed E-state index contributed by atoms with van der Waals surface area (Å²) in [6.45, 7) is 2.20. The lowest BCUT2D eigenvalue weighted by Gasteiger charge is -2.31. The number of rotatable bonds is 5. The van der Waals surface area contributed by atoms with Crippen LogP contribution in [0.2, 0.25) is 5.02 Å². The Labute approximate surface area is 113 Å². The highest BCUT2D eigenvalue weighted by molar-refractivity contribution is 6.31. The molecule has 0 bridgehead atoms. The van der Waals surface area contributed by atoms with E-state index in [1.54, 1.807) is 7.05 Å². The van der Waals surface area contributed by atoms with Crippen LogP contribution in [0, 0.1) is 0 Å². The van der Waals surface area contributed by atoms with Crippen LogP contribution >= 0.6 is 11.6 Å². The Morgan fingerprint density at radius 3 is 2.61 bits per heavy atom. The molecule has 1 aromatic carbocycles. The number of carbonyl (C=O) groups is 1. The Hall–Kier alpha value is -1.10. The minimum Gasteiger partial charge on any atom is -0.358 e. The van der Waals surface area contributed by atoms with Gasteiger partial charge in [0.25, 0.3) is 0 Å². The van der Waals surface area contributed by atoms with E-state index in [1.165, 1.54) is 0 Å². The Kier molecular flexibility index (Phi) is 5.59. The summed E-state index contributed by atoms with van der Waals surface area (Å²) in [5, 5.41) is 3.27. The lowest BCUT2D eigenvalue weighted by molar-refractivity contribution is -0.122. The van der Waals surface area contributed by atoms with Gasteiger partial charge in [-0.1, -0.05) is 29.8 Å². The first kappa shape index (κ1) is 15.0. The molecular weight excluding hydrogens is 250 g/mol. The zero-order chi connectivity index (χ0) is 13.7. The number of benzene rings is 1. The van der Waals surface area contributed by atoms with Crippen LogP contribution in [0.5, 0.6) is 0 Å². The molecule has 3 N–H and O–H groups in total. The van der Waals surface area contributed by atoms with Crippen LogP contribution in [0.1, 0.15) is 18.5 Å². The second-order valence-corrected chi connectivity index (χ2v) is 4.82. The Balaban J connectivity index is 2.96. The standard InChI is InChI=1S/C13H20ClN3O/c1-9(15)13(17(3)8-12(18)16-2)10-6-4-5-7-11(10)14/h4-7,9,13H,8,15H2,1-3H3,(H,16,18). The van der Waals surface area contributed by atoms with E-state index < -0.39 is 0 Å². The highest BCUT2D eigenvalue weighted by atomic mass is 35.5. The Morgan fingerprint density at radius 2 is 2.11 bits per heavy atom. The quantitative estimate of drug-likeness (QED) is 0.850. The number of hydrogen-bond donors (Lipinski definition) is 2. The third-order valence-corrected chi connectivity index (χ3v) is 3.21. The first-order valence-electron chi connectivity index (χ1n) is 5.88. The molecule has 1 rings (SSSR count). The van der Waals surface area contributed by atoms with E-state index in [9.17, 15) is 4.79 Å². The van der Waals surface area contributed by atoms with Crippen molar-refractivity contribution in [3.63, 3.8) is 0 Å². The van der Waals surface area contributed by atoms with Gasteiger partial charge in [0.15, 0.2) is 0 Å². The second-order valence-electron chi connectivity index (χ2n) is 4.41. The number of likely N-dealkylation sites (N-methyl/N-ethyl adjacent to an activating group) is 2. The summed E-state index contributed by atoms with van der Waals surface area (Å²) in [5.41, 5.74) is 6.97. The van der Waals surface area contributed by atoms with Gasteiger partial charge in [0.05, 0.1) is 12.6 Å². The molecule has 1 amide bonds. The molecule has 0 spiro atoms. The molecule has 2 unspecified atom stereocenters. The molecular formula is C13H20ClN3O. The van der Waals surface area contributed by atoms with Gasteiger partial charge in [-0.2, -0.15) is 0 Å². The van der Waals surface area contributed by atoms with Crippen molar-refractivity contribution in [2.24, 2.45) is 5.73 Å². The molecule has 1 aromatic rings. The van der Waals surface area contributed by atoms with Crippen molar-refractivity contribution in [2.75, 3.05) is 20.6 Å². The molecule has 0 heterocycles. The van der Waals surface area contributed by atoms with Crippen molar-refractivity contribution in [3.05, 3.63) is 34.9 Å². The van der Waals surface area contributed by atoms with Gasteiger partial charge in [-0.3, -0.25) is 9.69 Å². The fourth-order valence-corrected chi connectivity index (χ4v) is 2.29. The fraction of sp³-hybridized carbons (Fsp3) is 0.462. The minimum atomic E-state index is -0.125. The van der Waals surface area contributed by atoms with Crippen LogP contribution < -0.4 is 11.1 Å². The summed E-state index contributed by atoms with van der Waals surface area (Å²) in [6.07, 6.45) is 0. The second kappa shape index (κ2) is 6.73. The van der Waals surface area contributed by atoms with Crippen molar-refractivity contribution in [2.45, 2.75) is 19.0 Å². The molecule has 0 aliphatic rings. The van der Waals surface area contributed by atoms with Crippen molar-refractivity contribution >= 4 is 17.5 Å². The summed E-state index contributed by atoms with van der Waals surface area (Å²) < 4.78 is 0. The van der Waals surface area contributed by atoms with Gasteiger partial charge in [-0.05, 0) is 25.6 Å². The van der Waals surface area contributed by atoms with E-state index >= 15 is 0 Å². The lowest BCUT2D eigenvalue weighted by atomic mass is 9.99. The summed E-state index contributed by atoms with van der Waals surface area (Å²) in [6, 6.07) is 7.36. The SMILES string of the molecule is CNC(=O)CN(C)C(c1ccccc1Cl)C(C)N. The molecule has 100 valence electrons. The van der Waals surface area contributed by atoms with Gasteiger partial charge >= 0.3 is 0 Å². The predicted octanol–water partition coefficient (Wildman–Crippen LogP) is 1.41. The molecule has 0 fully saturated rings. The third-order valence-electron chi connectivity index (χ3n) is 2.87. The van der Waals surface area contributed by atoms with E-state index in [0.29, 0.717) is 5.02 Å². The molecule has 5 heteroatoms. The normalized spacial score (nSPS) is 14.3. The molecule has 2 atom stereocenters. The van der Waals surface area contributed by atoms with Gasteiger partial charge < -0.3 is 11.1 Å². The zero-order valence-electron chi connectivity index (χ0n) is 11.0. The molecule has 0 radical (unpaired) electrons. The summed E-state index contributed by atoms with van der Waals surface area (Å²) >= 11 is 6.19. The van der Waals surface area contributed by atoms with Crippen molar-refractivity contribution in [1.82, 2.24) is 10.2 Å². The van der Waals surface area contributed by atoms with E-state index in [2.05, 4.69) is 5.32 Å². The summed E-state index contributed by atoms with van der Waals surface area (Å²) in [7, 11) is 3.49. The topological polar surface area (TPSA) is 58.4 Å². The lowest BCUT2D eigenvalue weighted by Crippen LogP contribution is -2.42. The highest BCUT2D eigenvalue weighted by Gasteiger charge is 2.24. The molecule has 18 heavy (non-hydrogen) atoms. The van der Waals surface area contributed by atoms with Crippen LogP contribution in [-0.2, 0) is 4.79 Å². The van der Waals surface area contributed by atoms with Crippen LogP contribution in [-0.4, -0.2) is 37.5 Å². The summed E-state index contributed by atoms with van der Waals surface area (Å²) in [4.78, 5) is 13.3. The number of hydrogen-bond acceptors (Lipinski definition) is 3. The largest absolute Gasteiger partial charge is 0.358 e. The van der Waals surface area contributed by atoms with Crippen molar-refractivity contribution in [3.8, 4) is 0 Å². The van der Waals surface area contributed by atoms with Gasteiger partial charge in [0.2, 0.25) is 5.91 Å². The predicted molar refractivity (Wildman–Crippen MR) is 74.5 cm³/mol.